The molecule has 113 heavy (non-hydrogen) atoms. The Labute approximate surface area is 765 Å². The molecule has 9 N–H and O–H groups in total. The number of carbonyl (C=O) groups excluding carboxylic acids is 7. The second kappa shape index (κ2) is 48.4. The molecule has 6 aromatic heterocycles. The smallest absolute Gasteiger partial charge is 1.00 e. The molecule has 0 bridgehead atoms. The van der Waals surface area contributed by atoms with E-state index in [1.54, 1.807) is 134 Å². The van der Waals surface area contributed by atoms with Gasteiger partial charge in [0, 0.05) is 71.8 Å². The predicted molar refractivity (Wildman–Crippen MR) is 418 cm³/mol. The van der Waals surface area contributed by atoms with Crippen molar-refractivity contribution in [3.8, 4) is 40.1 Å². The number of aromatic nitrogens is 7. The molecule has 34 nitrogen and oxygen atoms in total. The summed E-state index contributed by atoms with van der Waals surface area (Å²) in [7, 11) is 3.95. The van der Waals surface area contributed by atoms with Crippen molar-refractivity contribution < 1.29 is 202 Å². The van der Waals surface area contributed by atoms with Crippen molar-refractivity contribution in [1.82, 2.24) is 40.7 Å². The summed E-state index contributed by atoms with van der Waals surface area (Å²) >= 11 is 12.0. The molecule has 594 valence electrons. The van der Waals surface area contributed by atoms with E-state index in [9.17, 15) is 68.1 Å². The van der Waals surface area contributed by atoms with Gasteiger partial charge < -0.3 is 66.9 Å². The number of methoxy groups -OCH3 is 3. The minimum Gasteiger partial charge on any atom is -1.00 e. The van der Waals surface area contributed by atoms with Crippen LogP contribution >= 0.6 is 64.2 Å². The summed E-state index contributed by atoms with van der Waals surface area (Å²) in [4.78, 5) is 145. The van der Waals surface area contributed by atoms with Gasteiger partial charge in [0.2, 0.25) is 0 Å². The van der Waals surface area contributed by atoms with Gasteiger partial charge in [-0.25, -0.2) is 47.5 Å². The van der Waals surface area contributed by atoms with Crippen molar-refractivity contribution >= 4 is 118 Å². The average molecular weight is 1880 g/mol. The van der Waals surface area contributed by atoms with Crippen molar-refractivity contribution in [3.05, 3.63) is 264 Å². The molecule has 0 radical (unpaired) electrons. The Hall–Kier alpha value is -8.83. The minimum atomic E-state index is -1.06. The number of rotatable bonds is 8. The van der Waals surface area contributed by atoms with Crippen LogP contribution in [0, 0.1) is 55.4 Å². The molecule has 10 aromatic rings. The number of esters is 3. The Morgan fingerprint density at radius 1 is 0.558 bits per heavy atom. The number of aromatic carboxylic acids is 1. The van der Waals surface area contributed by atoms with Crippen LogP contribution in [0.25, 0.3) is 17.1 Å². The number of amides is 3. The molecule has 11 rings (SSSR count). The number of imide groups is 1. The topological polar surface area (TPSA) is 494 Å². The van der Waals surface area contributed by atoms with Crippen LogP contribution in [0.3, 0.4) is 0 Å². The molecule has 1 fully saturated rings. The molecule has 0 unspecified atom stereocenters. The number of nitrogens with zero attached hydrogens (tertiary/aromatic N) is 9. The zero-order chi connectivity index (χ0) is 82.2. The summed E-state index contributed by atoms with van der Waals surface area (Å²) < 4.78 is 27.7. The number of carboxylic acids is 1. The zero-order valence-corrected chi connectivity index (χ0v) is 75.2. The number of nitrogen functional groups attached to an aromatic ring is 1. The molecule has 0 saturated carbocycles. The first-order valence-corrected chi connectivity index (χ1v) is 34.0. The second-order valence-corrected chi connectivity index (χ2v) is 26.0. The van der Waals surface area contributed by atoms with Gasteiger partial charge in [0.05, 0.1) is 99.0 Å². The van der Waals surface area contributed by atoms with E-state index in [0.717, 1.165) is 38.3 Å². The molecule has 0 spiro atoms. The number of hydrogen-bond acceptors (Lipinski definition) is 25. The summed E-state index contributed by atoms with van der Waals surface area (Å²) in [5, 5.41) is 54.9. The first-order chi connectivity index (χ1) is 51.1. The fourth-order valence-corrected chi connectivity index (χ4v) is 10.9. The standard InChI is InChI=1S/C15H14BrNO4.C15H15NO4.C14H12BrNO4.C9H11NO2.C7H6N4O.C6H6O3.C5H6Br2N2O2.CH2O3.CH4.2K.H2O.H/c1-8-4-5-10(15(20)21-3)7-11(8)17-9(2)6-12(18)13(16)14(17)19;1-9-4-5-11(15(19)20-3)7-13(9)16-10(2)6-12(17)8-14(16)18;1-7-3-4-9(14(19)20)6-10(7)16-8(2)5-11(17)12(15)13(16)18;1-6-3-4-7(5-8(6)10)9(11)12-2;12-7(10-3-1-8-5-10)11-4-2-9-6-11;1-4-2-5(7)3-6(8)9-4;1-5(2)3(10)8(6)4(11)9(5)7;2-1-4-3;;;;;/h4-7,18H,1-3H3;4-8,17H,1-3H3;3-6,17H,1-2H3,(H,19,20);3-5H,10H2,1-2H3;1-6H;2-3,7H,1H3;1-2H3;1,3H;1H4;;;1H2;/q;;;;;;;;;2*+1;;-1/p-1. The van der Waals surface area contributed by atoms with E-state index in [1.807, 2.05) is 20.8 Å². The number of ether oxygens (including phenoxy) is 3. The van der Waals surface area contributed by atoms with Crippen molar-refractivity contribution in [3.63, 3.8) is 0 Å². The van der Waals surface area contributed by atoms with Crippen molar-refractivity contribution in [2.24, 2.45) is 0 Å². The molecule has 7 heterocycles. The van der Waals surface area contributed by atoms with E-state index in [-0.39, 0.29) is 185 Å². The number of aromatic hydroxyl groups is 4. The van der Waals surface area contributed by atoms with Crippen LogP contribution < -0.4 is 136 Å². The number of pyridine rings is 3. The van der Waals surface area contributed by atoms with E-state index in [1.165, 1.54) is 97.1 Å². The van der Waals surface area contributed by atoms with Gasteiger partial charge in [-0.3, -0.25) is 46.8 Å². The summed E-state index contributed by atoms with van der Waals surface area (Å²) in [5.74, 6) is -2.60. The number of nitrogens with two attached hydrogens (primary N) is 1. The van der Waals surface area contributed by atoms with Gasteiger partial charge in [0.1, 0.15) is 55.9 Å². The van der Waals surface area contributed by atoms with Gasteiger partial charge in [-0.05, 0) is 178 Å². The van der Waals surface area contributed by atoms with E-state index >= 15 is 0 Å². The maximum absolute atomic E-state index is 12.4. The third-order valence-corrected chi connectivity index (χ3v) is 18.2. The second-order valence-electron chi connectivity index (χ2n) is 23.0. The summed E-state index contributed by atoms with van der Waals surface area (Å²) in [5.41, 5.74) is 11.7. The summed E-state index contributed by atoms with van der Waals surface area (Å²) in [6.45, 7) is 17.2. The number of halogens is 4. The number of aryl methyl sites for hydroxylation is 8. The molecule has 1 aliphatic rings. The monoisotopic (exact) mass is 1870 g/mol. The normalized spacial score (nSPS) is 10.9. The molecule has 1 aliphatic heterocycles. The van der Waals surface area contributed by atoms with Gasteiger partial charge in [0.15, 0.2) is 0 Å². The Morgan fingerprint density at radius 3 is 1.23 bits per heavy atom. The Balaban J connectivity index is 0. The molecule has 3 amide bonds. The van der Waals surface area contributed by atoms with E-state index < -0.39 is 46.2 Å². The van der Waals surface area contributed by atoms with Gasteiger partial charge in [0.25, 0.3) is 29.1 Å². The predicted octanol–water partition coefficient (Wildman–Crippen LogP) is 3.91. The number of hydrogen-bond donors (Lipinski definition) is 6. The van der Waals surface area contributed by atoms with Crippen LogP contribution in [0.1, 0.15) is 109 Å². The Morgan fingerprint density at radius 2 is 0.920 bits per heavy atom. The number of anilines is 1. The van der Waals surface area contributed by atoms with Gasteiger partial charge >= 0.3 is 144 Å². The van der Waals surface area contributed by atoms with E-state index in [4.69, 9.17) is 30.7 Å². The van der Waals surface area contributed by atoms with E-state index in [2.05, 4.69) is 92.9 Å². The minimum absolute atomic E-state index is 0. The van der Waals surface area contributed by atoms with Crippen LogP contribution in [0.4, 0.5) is 15.3 Å². The van der Waals surface area contributed by atoms with E-state index in [0.29, 0.717) is 62.3 Å². The van der Waals surface area contributed by atoms with Crippen LogP contribution in [0.2, 0.25) is 0 Å². The first-order valence-electron chi connectivity index (χ1n) is 31.0. The van der Waals surface area contributed by atoms with Crippen molar-refractivity contribution in [2.45, 2.75) is 82.2 Å². The summed E-state index contributed by atoms with van der Waals surface area (Å²) in [6, 6.07) is 27.0. The molecule has 1 saturated heterocycles. The van der Waals surface area contributed by atoms with Gasteiger partial charge in [-0.2, -0.15) is 3.93 Å². The van der Waals surface area contributed by atoms with Crippen LogP contribution in [-0.2, 0) is 28.7 Å². The molecule has 0 aliphatic carbocycles. The van der Waals surface area contributed by atoms with Gasteiger partial charge in [-0.15, -0.1) is 0 Å². The molecule has 0 atom stereocenters. The van der Waals surface area contributed by atoms with Crippen molar-refractivity contribution in [1.29, 1.82) is 0 Å². The van der Waals surface area contributed by atoms with Crippen LogP contribution in [0.15, 0.2) is 179 Å². The quantitative estimate of drug-likeness (QED) is 0.0144. The summed E-state index contributed by atoms with van der Waals surface area (Å²) in [6.07, 6.45) is 9.17. The number of carboxylic acid groups (broad SMARTS) is 1. The number of imidazole rings is 2. The first kappa shape index (κ1) is 104. The van der Waals surface area contributed by atoms with Crippen molar-refractivity contribution in [2.75, 3.05) is 27.1 Å². The van der Waals surface area contributed by atoms with Crippen LogP contribution in [0.5, 0.6) is 23.0 Å². The Bertz CT molecular complexity index is 5220. The fraction of sp³-hybridized carbons (Fsp3) is 0.205. The third-order valence-electron chi connectivity index (χ3n) is 14.9. The van der Waals surface area contributed by atoms with Gasteiger partial charge in [-0.1, -0.05) is 31.7 Å². The number of urea groups is 1. The maximum atomic E-state index is 12.4. The zero-order valence-electron chi connectivity index (χ0n) is 63.6. The fourth-order valence-electron chi connectivity index (χ4n) is 9.23. The van der Waals surface area contributed by atoms with Crippen LogP contribution in [-0.4, -0.2) is 147 Å². The molecular formula is C73H78Br4K2N10O24. The maximum Gasteiger partial charge on any atom is 1.00 e. The number of benzene rings is 4. The molecule has 4 aromatic carbocycles. The molecular weight excluding hydrogens is 1800 g/mol. The Kier molecular flexibility index (Phi) is 44.6. The number of carbonyl (C=O) groups is 8. The third kappa shape index (κ3) is 28.6. The molecule has 40 heteroatoms. The largest absolute Gasteiger partial charge is 1.00 e. The SMILES string of the molecule is C.CC1(C)C(=O)N(Br)C(=O)N1Br.COC(=O)c1ccc(C)c(-n2c(C)cc(O)c(Br)c2=O)c1.COC(=O)c1ccc(C)c(-n2c(C)cc(O)cc2=O)c1.COC(=O)c1ccc(C)c(N)c1.Cc1cc(O)cc(=O)o1.Cc1ccc(C(=O)O)cc1-n1c(C)cc(O)c(Br)c1=O.O.O=C(n1ccnc1)n1ccnc1.O=CO[O-].[H-].[K+].[K+]. The average Bonchev–Trinajstić information content (AvgIpc) is 1.40.